The molecule has 1 unspecified atom stereocenters. The molecule has 7 nitrogen and oxygen atoms in total. The van der Waals surface area contributed by atoms with E-state index in [1.165, 1.54) is 49.8 Å². The lowest BCUT2D eigenvalue weighted by Gasteiger charge is -2.42. The summed E-state index contributed by atoms with van der Waals surface area (Å²) in [5.74, 6) is 1.49. The van der Waals surface area contributed by atoms with Crippen molar-refractivity contribution in [3.8, 4) is 0 Å². The van der Waals surface area contributed by atoms with Crippen molar-refractivity contribution in [3.05, 3.63) is 35.3 Å². The Bertz CT molecular complexity index is 1090. The van der Waals surface area contributed by atoms with Gasteiger partial charge in [0.15, 0.2) is 0 Å². The van der Waals surface area contributed by atoms with Crippen molar-refractivity contribution in [1.82, 2.24) is 24.6 Å². The number of piperidine rings is 1. The fraction of sp³-hybridized carbons (Fsp3) is 0.724. The van der Waals surface area contributed by atoms with Crippen LogP contribution in [0.2, 0.25) is 0 Å². The topological polar surface area (TPSA) is 72.8 Å². The van der Waals surface area contributed by atoms with E-state index in [-0.39, 0.29) is 5.82 Å². The Morgan fingerprint density at radius 3 is 2.39 bits per heavy atom. The Hall–Kier alpha value is -1.36. The molecule has 3 N–H and O–H groups in total. The van der Waals surface area contributed by atoms with Crippen LogP contribution < -0.4 is 10.3 Å². The van der Waals surface area contributed by atoms with E-state index in [9.17, 15) is 8.60 Å². The molecular weight excluding hydrogens is 501 g/mol. The zero-order valence-electron chi connectivity index (χ0n) is 23.1. The summed E-state index contributed by atoms with van der Waals surface area (Å²) in [6.07, 6.45) is 10.7. The Morgan fingerprint density at radius 2 is 1.74 bits per heavy atom. The average Bonchev–Trinajstić information content (AvgIpc) is 3.53. The van der Waals surface area contributed by atoms with Crippen molar-refractivity contribution in [1.29, 1.82) is 0 Å². The van der Waals surface area contributed by atoms with Gasteiger partial charge >= 0.3 is 0 Å². The average molecular weight is 548 g/mol. The fourth-order valence-corrected chi connectivity index (χ4v) is 7.60. The SMILES string of the molecule is CC(C)C1CCC(N2CCC(n3c(CCNNS(=O)O)c(CN4CCCC4)c4cc(F)ccc43)CC2)CC1. The molecule has 1 saturated carbocycles. The molecule has 1 aromatic heterocycles. The minimum absolute atomic E-state index is 0.189. The van der Waals surface area contributed by atoms with E-state index in [0.717, 1.165) is 74.3 Å². The minimum atomic E-state index is -2.10. The van der Waals surface area contributed by atoms with Crippen molar-refractivity contribution in [2.45, 2.75) is 90.3 Å². The predicted octanol–water partition coefficient (Wildman–Crippen LogP) is 5.00. The maximum Gasteiger partial charge on any atom is 0.245 e. The highest BCUT2D eigenvalue weighted by Gasteiger charge is 2.32. The first-order chi connectivity index (χ1) is 18.4. The molecule has 0 spiro atoms. The number of halogens is 1. The number of benzene rings is 1. The van der Waals surface area contributed by atoms with E-state index in [1.807, 2.05) is 6.07 Å². The summed E-state index contributed by atoms with van der Waals surface area (Å²) in [4.78, 5) is 7.62. The molecule has 2 saturated heterocycles. The Balaban J connectivity index is 1.37. The first-order valence-electron chi connectivity index (χ1n) is 14.8. The van der Waals surface area contributed by atoms with Crippen molar-refractivity contribution < 1.29 is 13.2 Å². The Labute approximate surface area is 229 Å². The quantitative estimate of drug-likeness (QED) is 0.222. The van der Waals surface area contributed by atoms with Crippen molar-refractivity contribution in [2.75, 3.05) is 32.7 Å². The van der Waals surface area contributed by atoms with E-state index in [2.05, 4.69) is 38.5 Å². The zero-order valence-corrected chi connectivity index (χ0v) is 23.9. The number of likely N-dealkylation sites (tertiary alicyclic amines) is 2. The van der Waals surface area contributed by atoms with Gasteiger partial charge in [0.1, 0.15) is 5.82 Å². The van der Waals surface area contributed by atoms with Crippen LogP contribution in [0, 0.1) is 17.7 Å². The summed E-state index contributed by atoms with van der Waals surface area (Å²) in [6, 6.07) is 6.39. The van der Waals surface area contributed by atoms with Gasteiger partial charge in [-0.1, -0.05) is 13.8 Å². The third-order valence-electron chi connectivity index (χ3n) is 9.47. The lowest BCUT2D eigenvalue weighted by molar-refractivity contribution is 0.0889. The largest absolute Gasteiger partial charge is 0.341 e. The zero-order chi connectivity index (χ0) is 26.6. The van der Waals surface area contributed by atoms with E-state index in [0.29, 0.717) is 19.0 Å². The molecule has 0 bridgehead atoms. The van der Waals surface area contributed by atoms with Gasteiger partial charge < -0.3 is 9.47 Å². The van der Waals surface area contributed by atoms with Gasteiger partial charge in [-0.2, -0.15) is 4.83 Å². The number of hydrogen-bond donors (Lipinski definition) is 3. The summed E-state index contributed by atoms with van der Waals surface area (Å²) in [5.41, 5.74) is 6.49. The summed E-state index contributed by atoms with van der Waals surface area (Å²) in [5, 5.41) is 1.03. The smallest absolute Gasteiger partial charge is 0.245 e. The number of fused-ring (bicyclic) bond motifs is 1. The molecule has 9 heteroatoms. The molecule has 212 valence electrons. The third kappa shape index (κ3) is 6.50. The summed E-state index contributed by atoms with van der Waals surface area (Å²) >= 11 is -2.10. The highest BCUT2D eigenvalue weighted by Crippen LogP contribution is 2.38. The molecule has 0 radical (unpaired) electrons. The second kappa shape index (κ2) is 12.9. The monoisotopic (exact) mass is 547 g/mol. The normalized spacial score (nSPS) is 25.1. The van der Waals surface area contributed by atoms with E-state index >= 15 is 0 Å². The number of nitrogens with zero attached hydrogens (tertiary/aromatic N) is 3. The van der Waals surface area contributed by atoms with E-state index < -0.39 is 11.3 Å². The van der Waals surface area contributed by atoms with Crippen molar-refractivity contribution in [2.24, 2.45) is 11.8 Å². The molecule has 2 aliphatic heterocycles. The molecule has 3 heterocycles. The van der Waals surface area contributed by atoms with Crippen LogP contribution in [0.15, 0.2) is 18.2 Å². The molecular formula is C29H46FN5O2S. The van der Waals surface area contributed by atoms with Crippen molar-refractivity contribution in [3.63, 3.8) is 0 Å². The van der Waals surface area contributed by atoms with E-state index in [4.69, 9.17) is 4.55 Å². The first-order valence-corrected chi connectivity index (χ1v) is 15.9. The maximum atomic E-state index is 14.5. The molecule has 1 aliphatic carbocycles. The van der Waals surface area contributed by atoms with Crippen LogP contribution in [-0.2, 0) is 24.2 Å². The van der Waals surface area contributed by atoms with Gasteiger partial charge in [0.05, 0.1) is 0 Å². The summed E-state index contributed by atoms with van der Waals surface area (Å²) in [7, 11) is 0. The van der Waals surface area contributed by atoms with Crippen LogP contribution in [0.3, 0.4) is 0 Å². The highest BCUT2D eigenvalue weighted by atomic mass is 32.2. The van der Waals surface area contributed by atoms with Gasteiger partial charge in [0.25, 0.3) is 0 Å². The van der Waals surface area contributed by atoms with Gasteiger partial charge in [-0.05, 0) is 100 Å². The van der Waals surface area contributed by atoms with Crippen LogP contribution in [0.1, 0.15) is 82.5 Å². The van der Waals surface area contributed by atoms with Gasteiger partial charge in [-0.3, -0.25) is 9.45 Å². The predicted molar refractivity (Wildman–Crippen MR) is 152 cm³/mol. The lowest BCUT2D eigenvalue weighted by atomic mass is 9.79. The van der Waals surface area contributed by atoms with E-state index in [1.54, 1.807) is 12.1 Å². The molecule has 1 aromatic carbocycles. The second-order valence-corrected chi connectivity index (χ2v) is 12.8. The van der Waals surface area contributed by atoms with Gasteiger partial charge in [0.2, 0.25) is 11.3 Å². The molecule has 1 atom stereocenters. The molecule has 5 rings (SSSR count). The molecule has 3 aliphatic rings. The number of rotatable bonds is 10. The maximum absolute atomic E-state index is 14.5. The highest BCUT2D eigenvalue weighted by molar-refractivity contribution is 7.77. The Kier molecular flexibility index (Phi) is 9.55. The van der Waals surface area contributed by atoms with Gasteiger partial charge in [-0.15, -0.1) is 0 Å². The lowest BCUT2D eigenvalue weighted by Crippen LogP contribution is -2.44. The molecule has 2 aromatic rings. The van der Waals surface area contributed by atoms with Crippen LogP contribution >= 0.6 is 0 Å². The second-order valence-electron chi connectivity index (χ2n) is 12.0. The number of hydrogen-bond acceptors (Lipinski definition) is 4. The molecule has 0 amide bonds. The van der Waals surface area contributed by atoms with Crippen molar-refractivity contribution >= 4 is 22.2 Å². The van der Waals surface area contributed by atoms with Gasteiger partial charge in [-0.25, -0.2) is 14.0 Å². The number of nitrogens with one attached hydrogen (secondary N) is 2. The third-order valence-corrected chi connectivity index (χ3v) is 9.79. The molecule has 38 heavy (non-hydrogen) atoms. The van der Waals surface area contributed by atoms with Gasteiger partial charge in [0, 0.05) is 61.3 Å². The fourth-order valence-electron chi connectivity index (χ4n) is 7.37. The standard InChI is InChI=1S/C29H46FN5O2S/c1-21(2)22-5-8-24(9-6-22)34-17-12-25(13-18-34)35-28-10-7-23(30)19-26(28)27(20-33-15-3-4-16-33)29(35)11-14-31-32-38(36)37/h7,10,19,21-22,24-25,31-32H,3-6,8-9,11-18,20H2,1-2H3,(H,36,37). The first kappa shape index (κ1) is 28.2. The summed E-state index contributed by atoms with van der Waals surface area (Å²) in [6.45, 7) is 10.5. The minimum Gasteiger partial charge on any atom is -0.341 e. The van der Waals surface area contributed by atoms with Crippen LogP contribution in [-0.4, -0.2) is 61.9 Å². The van der Waals surface area contributed by atoms with Crippen LogP contribution in [0.25, 0.3) is 10.9 Å². The Morgan fingerprint density at radius 1 is 1.03 bits per heavy atom. The number of hydrazine groups is 1. The van der Waals surface area contributed by atoms with Crippen LogP contribution in [0.4, 0.5) is 4.39 Å². The van der Waals surface area contributed by atoms with Crippen LogP contribution in [0.5, 0.6) is 0 Å². The molecule has 3 fully saturated rings. The number of aromatic nitrogens is 1. The summed E-state index contributed by atoms with van der Waals surface area (Å²) < 4.78 is 37.2.